The fraction of sp³-hybridized carbons (Fsp3) is 0.0625. The molecule has 0 saturated heterocycles. The van der Waals surface area contributed by atoms with Crippen LogP contribution in [0.3, 0.4) is 0 Å². The molecule has 4 nitrogen and oxygen atoms in total. The lowest BCUT2D eigenvalue weighted by Crippen LogP contribution is -1.95. The first-order chi connectivity index (χ1) is 10.2. The molecule has 0 amide bonds. The van der Waals surface area contributed by atoms with Crippen LogP contribution in [0, 0.1) is 5.82 Å². The molecular weight excluding hydrogens is 267 g/mol. The fourth-order valence-electron chi connectivity index (χ4n) is 2.60. The molecule has 0 spiro atoms. The molecule has 0 unspecified atom stereocenters. The van der Waals surface area contributed by atoms with Crippen LogP contribution < -0.4 is 0 Å². The SMILES string of the molecule is Cn1c(-c2cc(F)cc3cccnc23)nc2ccncc21. The van der Waals surface area contributed by atoms with E-state index in [0.717, 1.165) is 21.9 Å². The van der Waals surface area contributed by atoms with Gasteiger partial charge in [-0.15, -0.1) is 0 Å². The highest BCUT2D eigenvalue weighted by Gasteiger charge is 2.14. The summed E-state index contributed by atoms with van der Waals surface area (Å²) in [6.45, 7) is 0. The largest absolute Gasteiger partial charge is 0.326 e. The van der Waals surface area contributed by atoms with Crippen molar-refractivity contribution < 1.29 is 4.39 Å². The standard InChI is InChI=1S/C16H11FN4/c1-21-14-9-18-6-4-13(14)20-16(21)12-8-11(17)7-10-3-2-5-19-15(10)12/h2-9H,1H3. The van der Waals surface area contributed by atoms with Crippen molar-refractivity contribution in [2.24, 2.45) is 7.05 Å². The van der Waals surface area contributed by atoms with Crippen LogP contribution in [0.15, 0.2) is 48.9 Å². The van der Waals surface area contributed by atoms with Crippen LogP contribution in [0.2, 0.25) is 0 Å². The topological polar surface area (TPSA) is 43.6 Å². The first-order valence-electron chi connectivity index (χ1n) is 6.55. The van der Waals surface area contributed by atoms with E-state index in [1.807, 2.05) is 23.7 Å². The number of hydrogen-bond donors (Lipinski definition) is 0. The number of aryl methyl sites for hydroxylation is 1. The molecule has 3 aromatic heterocycles. The second-order valence-corrected chi connectivity index (χ2v) is 4.89. The van der Waals surface area contributed by atoms with Crippen molar-refractivity contribution in [1.29, 1.82) is 0 Å². The summed E-state index contributed by atoms with van der Waals surface area (Å²) in [5.74, 6) is 0.386. The summed E-state index contributed by atoms with van der Waals surface area (Å²) >= 11 is 0. The smallest absolute Gasteiger partial charge is 0.143 e. The van der Waals surface area contributed by atoms with Gasteiger partial charge in [0.2, 0.25) is 0 Å². The van der Waals surface area contributed by atoms with E-state index in [0.29, 0.717) is 11.4 Å². The third kappa shape index (κ3) is 1.78. The van der Waals surface area contributed by atoms with Crippen LogP contribution >= 0.6 is 0 Å². The van der Waals surface area contributed by atoms with Gasteiger partial charge in [-0.25, -0.2) is 9.37 Å². The van der Waals surface area contributed by atoms with Gasteiger partial charge in [0.25, 0.3) is 0 Å². The predicted molar refractivity (Wildman–Crippen MR) is 79.2 cm³/mol. The molecule has 0 aliphatic rings. The number of halogens is 1. The minimum absolute atomic E-state index is 0.296. The van der Waals surface area contributed by atoms with Crippen molar-refractivity contribution in [2.45, 2.75) is 0 Å². The molecule has 5 heteroatoms. The molecule has 0 fully saturated rings. The van der Waals surface area contributed by atoms with E-state index in [-0.39, 0.29) is 5.82 Å². The van der Waals surface area contributed by atoms with Gasteiger partial charge in [0, 0.05) is 30.4 Å². The zero-order valence-corrected chi connectivity index (χ0v) is 11.3. The monoisotopic (exact) mass is 278 g/mol. The molecule has 0 bridgehead atoms. The number of rotatable bonds is 1. The Labute approximate surface area is 119 Å². The molecule has 4 rings (SSSR count). The van der Waals surface area contributed by atoms with Gasteiger partial charge in [-0.2, -0.15) is 0 Å². The predicted octanol–water partition coefficient (Wildman–Crippen LogP) is 3.32. The molecule has 0 aliphatic carbocycles. The molecule has 102 valence electrons. The maximum atomic E-state index is 13.9. The van der Waals surface area contributed by atoms with Gasteiger partial charge < -0.3 is 4.57 Å². The molecule has 0 saturated carbocycles. The number of nitrogens with zero attached hydrogens (tertiary/aromatic N) is 4. The summed E-state index contributed by atoms with van der Waals surface area (Å²) in [7, 11) is 1.89. The molecular formula is C16H11FN4. The van der Waals surface area contributed by atoms with E-state index in [1.165, 1.54) is 12.1 Å². The molecule has 0 N–H and O–H groups in total. The minimum Gasteiger partial charge on any atom is -0.326 e. The van der Waals surface area contributed by atoms with Crippen molar-refractivity contribution in [1.82, 2.24) is 19.5 Å². The molecule has 0 atom stereocenters. The quantitative estimate of drug-likeness (QED) is 0.536. The van der Waals surface area contributed by atoms with E-state index >= 15 is 0 Å². The summed E-state index contributed by atoms with van der Waals surface area (Å²) in [6, 6.07) is 8.44. The third-order valence-electron chi connectivity index (χ3n) is 3.59. The lowest BCUT2D eigenvalue weighted by Gasteiger charge is -2.06. The fourth-order valence-corrected chi connectivity index (χ4v) is 2.60. The van der Waals surface area contributed by atoms with Gasteiger partial charge in [-0.05, 0) is 24.3 Å². The first-order valence-corrected chi connectivity index (χ1v) is 6.55. The number of fused-ring (bicyclic) bond motifs is 2. The van der Waals surface area contributed by atoms with Gasteiger partial charge >= 0.3 is 0 Å². The maximum Gasteiger partial charge on any atom is 0.143 e. The van der Waals surface area contributed by atoms with Crippen molar-refractivity contribution in [2.75, 3.05) is 0 Å². The molecule has 21 heavy (non-hydrogen) atoms. The Bertz CT molecular complexity index is 975. The molecule has 1 aromatic carbocycles. The zero-order chi connectivity index (χ0) is 14.4. The molecule has 0 aliphatic heterocycles. The Kier molecular flexibility index (Phi) is 2.47. The third-order valence-corrected chi connectivity index (χ3v) is 3.59. The summed E-state index contributed by atoms with van der Waals surface area (Å²) < 4.78 is 15.8. The Morgan fingerprint density at radius 1 is 1.14 bits per heavy atom. The maximum absolute atomic E-state index is 13.9. The second kappa shape index (κ2) is 4.34. The van der Waals surface area contributed by atoms with E-state index < -0.39 is 0 Å². The summed E-state index contributed by atoms with van der Waals surface area (Å²) in [4.78, 5) is 13.1. The van der Waals surface area contributed by atoms with Crippen LogP contribution in [0.25, 0.3) is 33.3 Å². The Hall–Kier alpha value is -2.82. The minimum atomic E-state index is -0.296. The van der Waals surface area contributed by atoms with E-state index in [2.05, 4.69) is 15.0 Å². The number of hydrogen-bond acceptors (Lipinski definition) is 3. The van der Waals surface area contributed by atoms with Crippen molar-refractivity contribution in [3.05, 3.63) is 54.7 Å². The van der Waals surface area contributed by atoms with Crippen LogP contribution in [0.1, 0.15) is 0 Å². The Morgan fingerprint density at radius 2 is 2.05 bits per heavy atom. The van der Waals surface area contributed by atoms with Crippen LogP contribution in [-0.2, 0) is 7.05 Å². The lowest BCUT2D eigenvalue weighted by molar-refractivity contribution is 0.630. The average molecular weight is 278 g/mol. The van der Waals surface area contributed by atoms with Crippen molar-refractivity contribution in [3.63, 3.8) is 0 Å². The Morgan fingerprint density at radius 3 is 2.90 bits per heavy atom. The molecule has 4 aromatic rings. The van der Waals surface area contributed by atoms with E-state index in [9.17, 15) is 4.39 Å². The highest BCUT2D eigenvalue weighted by Crippen LogP contribution is 2.29. The molecule has 3 heterocycles. The van der Waals surface area contributed by atoms with E-state index in [4.69, 9.17) is 0 Å². The van der Waals surface area contributed by atoms with Gasteiger partial charge in [0.1, 0.15) is 11.6 Å². The van der Waals surface area contributed by atoms with E-state index in [1.54, 1.807) is 24.7 Å². The van der Waals surface area contributed by atoms with Crippen LogP contribution in [0.5, 0.6) is 0 Å². The highest BCUT2D eigenvalue weighted by molar-refractivity contribution is 5.94. The average Bonchev–Trinajstić information content (AvgIpc) is 2.84. The van der Waals surface area contributed by atoms with Gasteiger partial charge in [0.15, 0.2) is 0 Å². The Balaban J connectivity index is 2.11. The number of pyridine rings is 2. The van der Waals surface area contributed by atoms with Gasteiger partial charge in [-0.3, -0.25) is 9.97 Å². The lowest BCUT2D eigenvalue weighted by atomic mass is 10.1. The molecule has 0 radical (unpaired) electrons. The second-order valence-electron chi connectivity index (χ2n) is 4.89. The van der Waals surface area contributed by atoms with Crippen molar-refractivity contribution in [3.8, 4) is 11.4 Å². The van der Waals surface area contributed by atoms with Gasteiger partial charge in [-0.1, -0.05) is 6.07 Å². The number of aromatic nitrogens is 4. The normalized spacial score (nSPS) is 11.3. The van der Waals surface area contributed by atoms with Gasteiger partial charge in [0.05, 0.1) is 22.7 Å². The summed E-state index contributed by atoms with van der Waals surface area (Å²) in [6.07, 6.45) is 5.15. The van der Waals surface area contributed by atoms with Crippen LogP contribution in [0.4, 0.5) is 4.39 Å². The summed E-state index contributed by atoms with van der Waals surface area (Å²) in [5, 5.41) is 0.762. The highest BCUT2D eigenvalue weighted by atomic mass is 19.1. The number of benzene rings is 1. The summed E-state index contributed by atoms with van der Waals surface area (Å²) in [5.41, 5.74) is 3.16. The first kappa shape index (κ1) is 12.0. The number of imidazole rings is 1. The zero-order valence-electron chi connectivity index (χ0n) is 11.3. The van der Waals surface area contributed by atoms with Crippen LogP contribution in [-0.4, -0.2) is 19.5 Å². The van der Waals surface area contributed by atoms with Crippen molar-refractivity contribution >= 4 is 21.9 Å².